The molecule has 0 aromatic heterocycles. The third kappa shape index (κ3) is 4.91. The number of rotatable bonds is 4. The molecule has 0 bridgehead atoms. The van der Waals surface area contributed by atoms with Gasteiger partial charge in [0.25, 0.3) is 0 Å². The van der Waals surface area contributed by atoms with Gasteiger partial charge in [0.15, 0.2) is 0 Å². The van der Waals surface area contributed by atoms with Crippen molar-refractivity contribution in [3.8, 4) is 0 Å². The SMILES string of the molecule is CC(C)(C)NC(=O)CNC(=O)NC1CCCC1(C)C(=O)O. The maximum Gasteiger partial charge on any atom is 0.315 e. The lowest BCUT2D eigenvalue weighted by atomic mass is 9.85. The third-order valence-electron chi connectivity index (χ3n) is 3.68. The molecule has 1 saturated carbocycles. The number of urea groups is 1. The number of hydrogen-bond donors (Lipinski definition) is 4. The Morgan fingerprint density at radius 2 is 1.90 bits per heavy atom. The molecule has 3 amide bonds. The molecular weight excluding hydrogens is 274 g/mol. The predicted octanol–water partition coefficient (Wildman–Crippen LogP) is 0.844. The first-order chi connectivity index (χ1) is 9.54. The van der Waals surface area contributed by atoms with Crippen LogP contribution in [0.2, 0.25) is 0 Å². The van der Waals surface area contributed by atoms with Crippen molar-refractivity contribution >= 4 is 17.9 Å². The molecule has 2 atom stereocenters. The van der Waals surface area contributed by atoms with Gasteiger partial charge in [-0.1, -0.05) is 6.42 Å². The molecule has 21 heavy (non-hydrogen) atoms. The molecule has 0 heterocycles. The molecule has 2 unspecified atom stereocenters. The Labute approximate surface area is 124 Å². The van der Waals surface area contributed by atoms with Crippen LogP contribution in [0.5, 0.6) is 0 Å². The van der Waals surface area contributed by atoms with Gasteiger partial charge in [-0.05, 0) is 40.5 Å². The summed E-state index contributed by atoms with van der Waals surface area (Å²) in [6, 6.07) is -0.931. The van der Waals surface area contributed by atoms with Gasteiger partial charge in [-0.2, -0.15) is 0 Å². The van der Waals surface area contributed by atoms with Crippen molar-refractivity contribution < 1.29 is 19.5 Å². The van der Waals surface area contributed by atoms with Crippen LogP contribution >= 0.6 is 0 Å². The van der Waals surface area contributed by atoms with Crippen LogP contribution in [0.4, 0.5) is 4.79 Å². The molecule has 1 aliphatic carbocycles. The van der Waals surface area contributed by atoms with Gasteiger partial charge in [-0.25, -0.2) is 4.79 Å². The standard InChI is InChI=1S/C14H25N3O4/c1-13(2,3)17-10(18)8-15-12(21)16-9-6-5-7-14(9,4)11(19)20/h9H,5-8H2,1-4H3,(H,17,18)(H,19,20)(H2,15,16,21). The van der Waals surface area contributed by atoms with Crippen LogP contribution < -0.4 is 16.0 Å². The summed E-state index contributed by atoms with van der Waals surface area (Å²) in [5.41, 5.74) is -1.30. The van der Waals surface area contributed by atoms with Crippen LogP contribution in [0.25, 0.3) is 0 Å². The summed E-state index contributed by atoms with van der Waals surface area (Å²) in [4.78, 5) is 34.7. The third-order valence-corrected chi connectivity index (χ3v) is 3.68. The molecule has 1 aliphatic rings. The van der Waals surface area contributed by atoms with Crippen LogP contribution in [0.15, 0.2) is 0 Å². The van der Waals surface area contributed by atoms with E-state index in [1.54, 1.807) is 6.92 Å². The highest BCUT2D eigenvalue weighted by atomic mass is 16.4. The predicted molar refractivity (Wildman–Crippen MR) is 77.8 cm³/mol. The molecule has 0 spiro atoms. The highest BCUT2D eigenvalue weighted by molar-refractivity contribution is 5.85. The maximum absolute atomic E-state index is 11.8. The molecule has 0 radical (unpaired) electrons. The second-order valence-corrected chi connectivity index (χ2v) is 6.79. The van der Waals surface area contributed by atoms with Crippen molar-refractivity contribution in [1.29, 1.82) is 0 Å². The van der Waals surface area contributed by atoms with Crippen molar-refractivity contribution in [3.05, 3.63) is 0 Å². The van der Waals surface area contributed by atoms with E-state index in [9.17, 15) is 19.5 Å². The summed E-state index contributed by atoms with van der Waals surface area (Å²) in [6.07, 6.45) is 1.93. The average molecular weight is 299 g/mol. The molecule has 0 aromatic carbocycles. The number of nitrogens with one attached hydrogen (secondary N) is 3. The zero-order valence-corrected chi connectivity index (χ0v) is 13.1. The van der Waals surface area contributed by atoms with Gasteiger partial charge in [-0.3, -0.25) is 9.59 Å². The minimum atomic E-state index is -0.939. The van der Waals surface area contributed by atoms with E-state index in [-0.39, 0.29) is 18.0 Å². The van der Waals surface area contributed by atoms with Crippen LogP contribution in [0, 0.1) is 5.41 Å². The first-order valence-electron chi connectivity index (χ1n) is 7.13. The van der Waals surface area contributed by atoms with E-state index in [2.05, 4.69) is 16.0 Å². The van der Waals surface area contributed by atoms with Crippen molar-refractivity contribution in [1.82, 2.24) is 16.0 Å². The van der Waals surface area contributed by atoms with Crippen LogP contribution in [-0.2, 0) is 9.59 Å². The molecule has 0 saturated heterocycles. The first-order valence-corrected chi connectivity index (χ1v) is 7.13. The lowest BCUT2D eigenvalue weighted by Gasteiger charge is -2.27. The highest BCUT2D eigenvalue weighted by Crippen LogP contribution is 2.38. The fourth-order valence-electron chi connectivity index (χ4n) is 2.49. The van der Waals surface area contributed by atoms with Gasteiger partial charge in [0.2, 0.25) is 5.91 Å². The largest absolute Gasteiger partial charge is 0.481 e. The van der Waals surface area contributed by atoms with Gasteiger partial charge in [0.1, 0.15) is 0 Å². The van der Waals surface area contributed by atoms with E-state index >= 15 is 0 Å². The Kier molecular flexibility index (Phi) is 5.20. The highest BCUT2D eigenvalue weighted by Gasteiger charge is 2.45. The quantitative estimate of drug-likeness (QED) is 0.617. The minimum Gasteiger partial charge on any atom is -0.481 e. The van der Waals surface area contributed by atoms with Crippen molar-refractivity contribution in [2.24, 2.45) is 5.41 Å². The van der Waals surface area contributed by atoms with E-state index in [1.165, 1.54) is 0 Å². The Balaban J connectivity index is 2.44. The fraction of sp³-hybridized carbons (Fsp3) is 0.786. The zero-order valence-electron chi connectivity index (χ0n) is 13.1. The van der Waals surface area contributed by atoms with Gasteiger partial charge in [-0.15, -0.1) is 0 Å². The lowest BCUT2D eigenvalue weighted by molar-refractivity contribution is -0.148. The molecule has 7 nitrogen and oxygen atoms in total. The summed E-state index contributed by atoms with van der Waals surface area (Å²) in [5, 5.41) is 17.1. The monoisotopic (exact) mass is 299 g/mol. The molecular formula is C14H25N3O4. The Hall–Kier alpha value is -1.79. The molecule has 0 aromatic rings. The van der Waals surface area contributed by atoms with Gasteiger partial charge < -0.3 is 21.1 Å². The van der Waals surface area contributed by atoms with E-state index in [0.29, 0.717) is 12.8 Å². The van der Waals surface area contributed by atoms with Crippen molar-refractivity contribution in [2.45, 2.75) is 58.5 Å². The van der Waals surface area contributed by atoms with E-state index in [4.69, 9.17) is 0 Å². The smallest absolute Gasteiger partial charge is 0.315 e. The Morgan fingerprint density at radius 3 is 2.43 bits per heavy atom. The second-order valence-electron chi connectivity index (χ2n) is 6.79. The lowest BCUT2D eigenvalue weighted by Crippen LogP contribution is -2.52. The second kappa shape index (κ2) is 6.32. The summed E-state index contributed by atoms with van der Waals surface area (Å²) in [7, 11) is 0. The first kappa shape index (κ1) is 17.3. The van der Waals surface area contributed by atoms with E-state index in [0.717, 1.165) is 6.42 Å². The molecule has 120 valence electrons. The Bertz CT molecular complexity index is 430. The van der Waals surface area contributed by atoms with E-state index in [1.807, 2.05) is 20.8 Å². The van der Waals surface area contributed by atoms with Crippen molar-refractivity contribution in [2.75, 3.05) is 6.54 Å². The number of amides is 3. The fourth-order valence-corrected chi connectivity index (χ4v) is 2.49. The number of hydrogen-bond acceptors (Lipinski definition) is 3. The Morgan fingerprint density at radius 1 is 1.29 bits per heavy atom. The minimum absolute atomic E-state index is 0.139. The van der Waals surface area contributed by atoms with Crippen LogP contribution in [0.3, 0.4) is 0 Å². The molecule has 0 aliphatic heterocycles. The van der Waals surface area contributed by atoms with Crippen LogP contribution in [0.1, 0.15) is 47.0 Å². The topological polar surface area (TPSA) is 108 Å². The number of aliphatic carboxylic acids is 1. The number of carboxylic acid groups (broad SMARTS) is 1. The number of carbonyl (C=O) groups is 3. The van der Waals surface area contributed by atoms with Gasteiger partial charge in [0, 0.05) is 11.6 Å². The average Bonchev–Trinajstić information content (AvgIpc) is 2.68. The maximum atomic E-state index is 11.8. The summed E-state index contributed by atoms with van der Waals surface area (Å²) >= 11 is 0. The van der Waals surface area contributed by atoms with Gasteiger partial charge >= 0.3 is 12.0 Å². The summed E-state index contributed by atoms with van der Waals surface area (Å²) in [6.45, 7) is 7.05. The number of carbonyl (C=O) groups excluding carboxylic acids is 2. The van der Waals surface area contributed by atoms with Gasteiger partial charge in [0.05, 0.1) is 12.0 Å². The normalized spacial score (nSPS) is 25.2. The molecule has 7 heteroatoms. The summed E-state index contributed by atoms with van der Waals surface area (Å²) < 4.78 is 0. The summed E-state index contributed by atoms with van der Waals surface area (Å²) in [5.74, 6) is -1.19. The van der Waals surface area contributed by atoms with Crippen molar-refractivity contribution in [3.63, 3.8) is 0 Å². The van der Waals surface area contributed by atoms with E-state index < -0.39 is 23.5 Å². The van der Waals surface area contributed by atoms with Crippen LogP contribution in [-0.4, -0.2) is 41.1 Å². The molecule has 1 rings (SSSR count). The molecule has 4 N–H and O–H groups in total. The molecule has 1 fully saturated rings. The zero-order chi connectivity index (χ0) is 16.3. The number of carboxylic acids is 1.